The summed E-state index contributed by atoms with van der Waals surface area (Å²) in [6.45, 7) is 0. The smallest absolute Gasteiger partial charge is 1.00 e. The Balaban J connectivity index is 0.000000385. The summed E-state index contributed by atoms with van der Waals surface area (Å²) in [7, 11) is -2.92. The Morgan fingerprint density at radius 3 is 1.41 bits per heavy atom. The van der Waals surface area contributed by atoms with Crippen LogP contribution in [-0.2, 0) is 0 Å². The molecule has 0 bridgehead atoms. The van der Waals surface area contributed by atoms with Crippen LogP contribution in [0.5, 0.6) is 0 Å². The van der Waals surface area contributed by atoms with Gasteiger partial charge in [0.1, 0.15) is 0 Å². The number of rotatable bonds is 2. The minimum atomic E-state index is -1.95. The van der Waals surface area contributed by atoms with E-state index in [4.69, 9.17) is 0 Å². The van der Waals surface area contributed by atoms with E-state index in [1.165, 1.54) is 24.3 Å². The zero-order chi connectivity index (χ0) is 16.0. The average molecular weight is 828 g/mol. The van der Waals surface area contributed by atoms with Crippen LogP contribution in [0.25, 0.3) is 0 Å². The molecule has 2 aromatic carbocycles. The molecular formula is C12H8Br6F2Se2. The fourth-order valence-corrected chi connectivity index (χ4v) is 8.38. The normalized spacial score (nSPS) is 11.3. The Bertz CT molecular complexity index is 557. The molecule has 0 saturated heterocycles. The molecule has 0 fully saturated rings. The Morgan fingerprint density at radius 1 is 0.727 bits per heavy atom. The monoisotopic (exact) mass is 823 g/mol. The standard InChI is InChI=1S/C6H4Br3FSe.C6H4Br2FSe.BrH/c7-11(8,9)6-3-1-5(10)2-4-6;7-10(8)6-3-1-5(9)2-4-6;/h1-4H;1-4H;1H/q;+1;/p-1. The minimum absolute atomic E-state index is 0. The van der Waals surface area contributed by atoms with Crippen LogP contribution in [0.2, 0.25) is 0 Å². The van der Waals surface area contributed by atoms with E-state index in [-0.39, 0.29) is 28.6 Å². The second kappa shape index (κ2) is 11.8. The first kappa shape index (κ1) is 24.2. The van der Waals surface area contributed by atoms with Crippen molar-refractivity contribution in [2.75, 3.05) is 0 Å². The van der Waals surface area contributed by atoms with Gasteiger partial charge in [0, 0.05) is 0 Å². The maximum absolute atomic E-state index is 12.4. The van der Waals surface area contributed by atoms with Gasteiger partial charge < -0.3 is 17.0 Å². The third kappa shape index (κ3) is 9.64. The first-order chi connectivity index (χ1) is 9.70. The topological polar surface area (TPSA) is 0 Å². The molecule has 0 aliphatic rings. The Morgan fingerprint density at radius 2 is 1.09 bits per heavy atom. The van der Waals surface area contributed by atoms with Gasteiger partial charge in [0.2, 0.25) is 0 Å². The van der Waals surface area contributed by atoms with E-state index in [9.17, 15) is 8.78 Å². The molecule has 2 aromatic rings. The summed E-state index contributed by atoms with van der Waals surface area (Å²) in [4.78, 5) is 0. The van der Waals surface area contributed by atoms with E-state index >= 15 is 0 Å². The zero-order valence-electron chi connectivity index (χ0n) is 10.5. The molecule has 0 aromatic heterocycles. The number of hydrogen-bond acceptors (Lipinski definition) is 0. The Hall–Kier alpha value is 2.22. The van der Waals surface area contributed by atoms with Crippen molar-refractivity contribution in [2.24, 2.45) is 0 Å². The van der Waals surface area contributed by atoms with Crippen molar-refractivity contribution in [1.82, 2.24) is 0 Å². The first-order valence-corrected chi connectivity index (χ1v) is 27.0. The van der Waals surface area contributed by atoms with Crippen molar-refractivity contribution >= 4 is 97.2 Å². The van der Waals surface area contributed by atoms with Gasteiger partial charge in [0.15, 0.2) is 0 Å². The van der Waals surface area contributed by atoms with E-state index in [1.54, 1.807) is 24.3 Å². The van der Waals surface area contributed by atoms with Crippen LogP contribution >= 0.6 is 70.6 Å². The summed E-state index contributed by atoms with van der Waals surface area (Å²) in [5.41, 5.74) is 0. The molecular weight excluding hydrogens is 819 g/mol. The quantitative estimate of drug-likeness (QED) is 0.409. The second-order valence-corrected chi connectivity index (χ2v) is 48.0. The molecule has 0 unspecified atom stereocenters. The van der Waals surface area contributed by atoms with Crippen LogP contribution < -0.4 is 25.9 Å². The van der Waals surface area contributed by atoms with Gasteiger partial charge in [-0.25, -0.2) is 0 Å². The fourth-order valence-electron chi connectivity index (χ4n) is 1.13. The largest absolute Gasteiger partial charge is 1.00 e. The van der Waals surface area contributed by atoms with E-state index in [0.717, 1.165) is 8.92 Å². The minimum Gasteiger partial charge on any atom is -1.00 e. The predicted octanol–water partition coefficient (Wildman–Crippen LogP) is 2.47. The molecule has 0 amide bonds. The van der Waals surface area contributed by atoms with Crippen LogP contribution in [0.4, 0.5) is 8.78 Å². The maximum Gasteiger partial charge on any atom is -1.00 e. The van der Waals surface area contributed by atoms with Gasteiger partial charge in [-0.15, -0.1) is 0 Å². The van der Waals surface area contributed by atoms with Crippen molar-refractivity contribution in [1.29, 1.82) is 0 Å². The molecule has 0 N–H and O–H groups in total. The fraction of sp³-hybridized carbons (Fsp3) is 0. The van der Waals surface area contributed by atoms with Crippen molar-refractivity contribution < 1.29 is 25.8 Å². The summed E-state index contributed by atoms with van der Waals surface area (Å²) in [5, 5.41) is 0. The summed E-state index contributed by atoms with van der Waals surface area (Å²) in [5.74, 6) is -0.390. The molecule has 124 valence electrons. The Kier molecular flexibility index (Phi) is 12.9. The summed E-state index contributed by atoms with van der Waals surface area (Å²) in [6, 6.07) is 12.9. The number of benzene rings is 2. The van der Waals surface area contributed by atoms with Crippen LogP contribution in [0, 0.1) is 11.6 Å². The van der Waals surface area contributed by atoms with E-state index in [2.05, 4.69) is 70.6 Å². The van der Waals surface area contributed by atoms with Crippen molar-refractivity contribution in [3.05, 3.63) is 60.2 Å². The number of halogens is 8. The van der Waals surface area contributed by atoms with Crippen LogP contribution in [0.3, 0.4) is 0 Å². The molecule has 22 heavy (non-hydrogen) atoms. The van der Waals surface area contributed by atoms with Gasteiger partial charge in [-0.1, -0.05) is 0 Å². The first-order valence-electron chi connectivity index (χ1n) is 5.20. The van der Waals surface area contributed by atoms with E-state index in [1.807, 2.05) is 0 Å². The molecule has 0 spiro atoms. The van der Waals surface area contributed by atoms with Crippen LogP contribution in [0.1, 0.15) is 0 Å². The van der Waals surface area contributed by atoms with Gasteiger partial charge in [0.05, 0.1) is 0 Å². The van der Waals surface area contributed by atoms with Gasteiger partial charge in [-0.2, -0.15) is 0 Å². The van der Waals surface area contributed by atoms with Gasteiger partial charge in [-0.05, 0) is 0 Å². The molecule has 0 nitrogen and oxygen atoms in total. The van der Waals surface area contributed by atoms with E-state index in [0.29, 0.717) is 0 Å². The average Bonchev–Trinajstić information content (AvgIpc) is 2.39. The molecule has 0 aliphatic heterocycles. The van der Waals surface area contributed by atoms with Gasteiger partial charge in [-0.3, -0.25) is 0 Å². The van der Waals surface area contributed by atoms with Crippen molar-refractivity contribution in [3.8, 4) is 0 Å². The molecule has 0 heterocycles. The summed E-state index contributed by atoms with van der Waals surface area (Å²) in [6.07, 6.45) is 0. The van der Waals surface area contributed by atoms with Crippen LogP contribution in [0.15, 0.2) is 48.5 Å². The SMILES string of the molecule is Fc1ccc([Se+](Br)Br)cc1.Fc1ccc([Se](Br)(Br)Br)cc1.[Br-]. The van der Waals surface area contributed by atoms with E-state index < -0.39 is 17.7 Å². The molecule has 0 radical (unpaired) electrons. The third-order valence-corrected chi connectivity index (χ3v) is 14.8. The van der Waals surface area contributed by atoms with Crippen molar-refractivity contribution in [3.63, 3.8) is 0 Å². The molecule has 0 atom stereocenters. The maximum atomic E-state index is 12.4. The molecule has 10 heteroatoms. The number of hydrogen-bond donors (Lipinski definition) is 0. The molecule has 0 aliphatic carbocycles. The van der Waals surface area contributed by atoms with Gasteiger partial charge in [0.25, 0.3) is 0 Å². The van der Waals surface area contributed by atoms with Crippen LogP contribution in [-0.4, -0.2) is 17.7 Å². The Labute approximate surface area is 180 Å². The zero-order valence-corrected chi connectivity index (χ0v) is 23.4. The summed E-state index contributed by atoms with van der Waals surface area (Å²) < 4.78 is 27.0. The summed E-state index contributed by atoms with van der Waals surface area (Å²) >= 11 is 17.3. The molecule has 0 saturated carbocycles. The second-order valence-electron chi connectivity index (χ2n) is 3.53. The predicted molar refractivity (Wildman–Crippen MR) is 108 cm³/mol. The van der Waals surface area contributed by atoms with Crippen molar-refractivity contribution in [2.45, 2.75) is 0 Å². The third-order valence-electron chi connectivity index (χ3n) is 2.07. The molecule has 2 rings (SSSR count). The van der Waals surface area contributed by atoms with Gasteiger partial charge >= 0.3 is 166 Å².